The molecule has 1 aromatic rings. The molecule has 0 aromatic carbocycles. The lowest BCUT2D eigenvalue weighted by Crippen LogP contribution is -2.25. The van der Waals surface area contributed by atoms with Crippen LogP contribution in [0.25, 0.3) is 0 Å². The fourth-order valence-corrected chi connectivity index (χ4v) is 1.53. The van der Waals surface area contributed by atoms with Gasteiger partial charge in [-0.2, -0.15) is 10.2 Å². The number of hydrogen-bond acceptors (Lipinski definition) is 4. The second kappa shape index (κ2) is 4.25. The second-order valence-corrected chi connectivity index (χ2v) is 3.51. The number of carbonyl (C=O) groups is 1. The molecule has 5 nitrogen and oxygen atoms in total. The minimum Gasteiger partial charge on any atom is -0.444 e. The number of aromatic nitrogens is 2. The van der Waals surface area contributed by atoms with Crippen molar-refractivity contribution in [2.75, 3.05) is 6.54 Å². The summed E-state index contributed by atoms with van der Waals surface area (Å²) in [5, 5.41) is 7.69. The van der Waals surface area contributed by atoms with Crippen LogP contribution in [0.5, 0.6) is 0 Å². The maximum absolute atomic E-state index is 11.4. The quantitative estimate of drug-likeness (QED) is 0.747. The van der Waals surface area contributed by atoms with Crippen molar-refractivity contribution in [3.05, 3.63) is 24.0 Å². The summed E-state index contributed by atoms with van der Waals surface area (Å²) in [6.07, 6.45) is 2.23. The Balaban J connectivity index is 1.99. The van der Waals surface area contributed by atoms with Crippen LogP contribution in [0, 0.1) is 0 Å². The van der Waals surface area contributed by atoms with E-state index >= 15 is 0 Å². The number of ether oxygens (including phenoxy) is 1. The van der Waals surface area contributed by atoms with Crippen molar-refractivity contribution >= 4 is 6.09 Å². The Morgan fingerprint density at radius 2 is 2.53 bits per heavy atom. The van der Waals surface area contributed by atoms with Gasteiger partial charge in [0.15, 0.2) is 0 Å². The van der Waals surface area contributed by atoms with Gasteiger partial charge in [-0.15, -0.1) is 0 Å². The van der Waals surface area contributed by atoms with Gasteiger partial charge in [-0.05, 0) is 18.6 Å². The highest BCUT2D eigenvalue weighted by Crippen LogP contribution is 2.15. The van der Waals surface area contributed by atoms with E-state index in [1.165, 1.54) is 0 Å². The molecule has 1 amide bonds. The predicted molar refractivity (Wildman–Crippen MR) is 53.0 cm³/mol. The molecule has 0 N–H and O–H groups in total. The zero-order chi connectivity index (χ0) is 10.7. The van der Waals surface area contributed by atoms with E-state index < -0.39 is 0 Å². The summed E-state index contributed by atoms with van der Waals surface area (Å²) >= 11 is 0. The van der Waals surface area contributed by atoms with E-state index in [4.69, 9.17) is 4.74 Å². The third kappa shape index (κ3) is 2.23. The van der Waals surface area contributed by atoms with Crippen LogP contribution in [0.4, 0.5) is 4.79 Å². The summed E-state index contributed by atoms with van der Waals surface area (Å²) in [5.41, 5.74) is 0.784. The minimum absolute atomic E-state index is 0.0224. The number of cyclic esters (lactones) is 1. The summed E-state index contributed by atoms with van der Waals surface area (Å²) < 4.78 is 5.13. The number of carbonyl (C=O) groups excluding carboxylic acids is 1. The number of amides is 1. The molecule has 15 heavy (non-hydrogen) atoms. The number of hydrogen-bond donors (Lipinski definition) is 0. The lowest BCUT2D eigenvalue weighted by molar-refractivity contribution is 0.130. The summed E-state index contributed by atoms with van der Waals surface area (Å²) in [7, 11) is 0. The monoisotopic (exact) mass is 207 g/mol. The Hall–Kier alpha value is -1.65. The first-order valence-electron chi connectivity index (χ1n) is 5.01. The molecule has 0 spiro atoms. The zero-order valence-corrected chi connectivity index (χ0v) is 8.59. The molecule has 1 fully saturated rings. The van der Waals surface area contributed by atoms with Gasteiger partial charge in [-0.25, -0.2) is 4.79 Å². The fraction of sp³-hybridized carbons (Fsp3) is 0.500. The molecule has 5 heteroatoms. The topological polar surface area (TPSA) is 55.3 Å². The molecule has 2 heterocycles. The SMILES string of the molecule is CC[C@H]1CN(Cc2cccnn2)C(=O)O1. The van der Waals surface area contributed by atoms with Crippen molar-refractivity contribution in [1.29, 1.82) is 0 Å². The predicted octanol–water partition coefficient (Wildman–Crippen LogP) is 1.21. The molecular formula is C10H13N3O2. The molecule has 1 atom stereocenters. The molecule has 0 bridgehead atoms. The van der Waals surface area contributed by atoms with Crippen LogP contribution in [0.1, 0.15) is 19.0 Å². The number of rotatable bonds is 3. The minimum atomic E-state index is -0.257. The zero-order valence-electron chi connectivity index (χ0n) is 8.59. The van der Waals surface area contributed by atoms with Gasteiger partial charge in [0.25, 0.3) is 0 Å². The van der Waals surface area contributed by atoms with Crippen molar-refractivity contribution in [2.24, 2.45) is 0 Å². The van der Waals surface area contributed by atoms with Crippen LogP contribution in [-0.4, -0.2) is 33.8 Å². The average Bonchev–Trinajstić information content (AvgIpc) is 2.61. The molecule has 0 aliphatic carbocycles. The van der Waals surface area contributed by atoms with Crippen LogP contribution < -0.4 is 0 Å². The van der Waals surface area contributed by atoms with Crippen molar-refractivity contribution in [1.82, 2.24) is 15.1 Å². The first-order chi connectivity index (χ1) is 7.29. The van der Waals surface area contributed by atoms with Gasteiger partial charge in [0.05, 0.1) is 18.8 Å². The van der Waals surface area contributed by atoms with E-state index in [1.807, 2.05) is 13.0 Å². The second-order valence-electron chi connectivity index (χ2n) is 3.51. The van der Waals surface area contributed by atoms with Gasteiger partial charge in [0.1, 0.15) is 6.10 Å². The van der Waals surface area contributed by atoms with Crippen LogP contribution in [0.3, 0.4) is 0 Å². The largest absolute Gasteiger partial charge is 0.444 e. The summed E-state index contributed by atoms with van der Waals surface area (Å²) in [6, 6.07) is 3.65. The van der Waals surface area contributed by atoms with Gasteiger partial charge in [0.2, 0.25) is 0 Å². The first kappa shape index (κ1) is 9.89. The fourth-order valence-electron chi connectivity index (χ4n) is 1.53. The molecule has 2 rings (SSSR count). The van der Waals surface area contributed by atoms with E-state index in [0.717, 1.165) is 12.1 Å². The molecule has 80 valence electrons. The molecule has 0 saturated carbocycles. The van der Waals surface area contributed by atoms with Gasteiger partial charge in [-0.1, -0.05) is 6.92 Å². The van der Waals surface area contributed by atoms with Gasteiger partial charge in [0, 0.05) is 6.20 Å². The molecule has 1 aromatic heterocycles. The van der Waals surface area contributed by atoms with Crippen LogP contribution in [0.2, 0.25) is 0 Å². The Morgan fingerprint density at radius 1 is 1.67 bits per heavy atom. The highest BCUT2D eigenvalue weighted by Gasteiger charge is 2.29. The highest BCUT2D eigenvalue weighted by atomic mass is 16.6. The first-order valence-corrected chi connectivity index (χ1v) is 5.01. The Labute approximate surface area is 88.1 Å². The molecule has 0 radical (unpaired) electrons. The van der Waals surface area contributed by atoms with Crippen LogP contribution in [-0.2, 0) is 11.3 Å². The Morgan fingerprint density at radius 3 is 3.13 bits per heavy atom. The van der Waals surface area contributed by atoms with Crippen molar-refractivity contribution < 1.29 is 9.53 Å². The Bertz CT molecular complexity index is 342. The van der Waals surface area contributed by atoms with Crippen LogP contribution in [0.15, 0.2) is 18.3 Å². The molecule has 1 saturated heterocycles. The van der Waals surface area contributed by atoms with Crippen molar-refractivity contribution in [3.63, 3.8) is 0 Å². The maximum atomic E-state index is 11.4. The van der Waals surface area contributed by atoms with E-state index in [1.54, 1.807) is 17.2 Å². The molecule has 1 aliphatic rings. The van der Waals surface area contributed by atoms with E-state index in [2.05, 4.69) is 10.2 Å². The average molecular weight is 207 g/mol. The number of nitrogens with zero attached hydrogens (tertiary/aromatic N) is 3. The highest BCUT2D eigenvalue weighted by molar-refractivity contribution is 5.69. The third-order valence-corrected chi connectivity index (χ3v) is 2.39. The summed E-state index contributed by atoms with van der Waals surface area (Å²) in [6.45, 7) is 3.12. The maximum Gasteiger partial charge on any atom is 0.410 e. The summed E-state index contributed by atoms with van der Waals surface area (Å²) in [5.74, 6) is 0. The van der Waals surface area contributed by atoms with Gasteiger partial charge < -0.3 is 4.74 Å². The smallest absolute Gasteiger partial charge is 0.410 e. The van der Waals surface area contributed by atoms with E-state index in [-0.39, 0.29) is 12.2 Å². The lowest BCUT2D eigenvalue weighted by atomic mass is 10.3. The standard InChI is InChI=1S/C10H13N3O2/c1-2-9-7-13(10(14)15-9)6-8-4-3-5-11-12-8/h3-5,9H,2,6-7H2,1H3/t9-/m0/s1. The van der Waals surface area contributed by atoms with Crippen molar-refractivity contribution in [3.8, 4) is 0 Å². The van der Waals surface area contributed by atoms with E-state index in [9.17, 15) is 4.79 Å². The molecular weight excluding hydrogens is 194 g/mol. The van der Waals surface area contributed by atoms with Gasteiger partial charge >= 0.3 is 6.09 Å². The van der Waals surface area contributed by atoms with Crippen molar-refractivity contribution in [2.45, 2.75) is 26.0 Å². The van der Waals surface area contributed by atoms with Gasteiger partial charge in [-0.3, -0.25) is 4.90 Å². The van der Waals surface area contributed by atoms with E-state index in [0.29, 0.717) is 13.1 Å². The molecule has 1 aliphatic heterocycles. The van der Waals surface area contributed by atoms with Crippen LogP contribution >= 0.6 is 0 Å². The third-order valence-electron chi connectivity index (χ3n) is 2.39. The lowest BCUT2D eigenvalue weighted by Gasteiger charge is -2.10. The molecule has 0 unspecified atom stereocenters. The Kier molecular flexibility index (Phi) is 2.80. The normalized spacial score (nSPS) is 20.5. The summed E-state index contributed by atoms with van der Waals surface area (Å²) in [4.78, 5) is 13.1.